The molecule has 0 aliphatic rings. The van der Waals surface area contributed by atoms with Crippen molar-refractivity contribution >= 4 is 5.91 Å². The van der Waals surface area contributed by atoms with E-state index in [-0.39, 0.29) is 12.5 Å². The van der Waals surface area contributed by atoms with Crippen molar-refractivity contribution in [2.24, 2.45) is 0 Å². The van der Waals surface area contributed by atoms with E-state index in [4.69, 9.17) is 6.42 Å². The number of carbonyl (C=O) groups excluding carboxylic acids is 1. The topological polar surface area (TPSA) is 49.3 Å². The van der Waals surface area contributed by atoms with Gasteiger partial charge in [-0.3, -0.25) is 4.79 Å². The molecule has 0 saturated carbocycles. The van der Waals surface area contributed by atoms with Crippen molar-refractivity contribution in [3.05, 3.63) is 12.2 Å². The monoisotopic (exact) mass is 195 g/mol. The molecule has 0 heterocycles. The number of terminal acetylenes is 1. The smallest absolute Gasteiger partial charge is 0.243 e. The lowest BCUT2D eigenvalue weighted by atomic mass is 10.1. The van der Waals surface area contributed by atoms with Crippen LogP contribution in [0.15, 0.2) is 12.2 Å². The Bertz CT molecular complexity index is 243. The van der Waals surface area contributed by atoms with Crippen molar-refractivity contribution < 1.29 is 9.90 Å². The molecule has 0 atom stereocenters. The number of hydrogen-bond acceptors (Lipinski definition) is 2. The van der Waals surface area contributed by atoms with Crippen LogP contribution in [0.25, 0.3) is 0 Å². The Hall–Kier alpha value is -1.27. The Morgan fingerprint density at radius 1 is 1.64 bits per heavy atom. The van der Waals surface area contributed by atoms with Crippen molar-refractivity contribution in [2.45, 2.75) is 32.3 Å². The van der Waals surface area contributed by atoms with Gasteiger partial charge >= 0.3 is 0 Å². The zero-order valence-corrected chi connectivity index (χ0v) is 8.71. The van der Waals surface area contributed by atoms with Crippen LogP contribution >= 0.6 is 0 Å². The SMILES string of the molecule is C#CCC/C=C/C(=O)NCC(C)(C)O. The normalized spacial score (nSPS) is 11.3. The summed E-state index contributed by atoms with van der Waals surface area (Å²) < 4.78 is 0. The number of amides is 1. The summed E-state index contributed by atoms with van der Waals surface area (Å²) in [4.78, 5) is 11.1. The molecule has 3 nitrogen and oxygen atoms in total. The van der Waals surface area contributed by atoms with Gasteiger partial charge in [0.15, 0.2) is 0 Å². The summed E-state index contributed by atoms with van der Waals surface area (Å²) in [6, 6.07) is 0. The van der Waals surface area contributed by atoms with E-state index >= 15 is 0 Å². The number of unbranched alkanes of at least 4 members (excludes halogenated alkanes) is 1. The standard InChI is InChI=1S/C11H17NO2/c1-4-5-6-7-8-10(13)12-9-11(2,3)14/h1,7-8,14H,5-6,9H2,2-3H3,(H,12,13)/b8-7+. The zero-order valence-electron chi connectivity index (χ0n) is 8.71. The van der Waals surface area contributed by atoms with E-state index in [0.717, 1.165) is 0 Å². The van der Waals surface area contributed by atoms with Gasteiger partial charge in [-0.05, 0) is 26.3 Å². The molecular formula is C11H17NO2. The number of aliphatic hydroxyl groups is 1. The maximum Gasteiger partial charge on any atom is 0.243 e. The molecule has 0 aliphatic carbocycles. The van der Waals surface area contributed by atoms with Crippen LogP contribution in [0.3, 0.4) is 0 Å². The molecule has 1 amide bonds. The highest BCUT2D eigenvalue weighted by Gasteiger charge is 2.12. The number of hydrogen-bond donors (Lipinski definition) is 2. The highest BCUT2D eigenvalue weighted by molar-refractivity contribution is 5.87. The first-order valence-electron chi connectivity index (χ1n) is 4.56. The molecular weight excluding hydrogens is 178 g/mol. The van der Waals surface area contributed by atoms with Gasteiger partial charge in [0, 0.05) is 13.0 Å². The Kier molecular flexibility index (Phi) is 5.66. The molecule has 0 spiro atoms. The lowest BCUT2D eigenvalue weighted by Crippen LogP contribution is -2.37. The quantitative estimate of drug-likeness (QED) is 0.388. The summed E-state index contributed by atoms with van der Waals surface area (Å²) in [5, 5.41) is 11.9. The minimum Gasteiger partial charge on any atom is -0.389 e. The minimum absolute atomic E-state index is 0.204. The van der Waals surface area contributed by atoms with Gasteiger partial charge in [0.25, 0.3) is 0 Å². The third-order valence-electron chi connectivity index (χ3n) is 1.42. The summed E-state index contributed by atoms with van der Waals surface area (Å²) in [7, 11) is 0. The van der Waals surface area contributed by atoms with Gasteiger partial charge in [0.2, 0.25) is 5.91 Å². The van der Waals surface area contributed by atoms with Crippen LogP contribution in [0, 0.1) is 12.3 Å². The van der Waals surface area contributed by atoms with Gasteiger partial charge in [-0.25, -0.2) is 0 Å². The van der Waals surface area contributed by atoms with Crippen LogP contribution in [0.1, 0.15) is 26.7 Å². The number of carbonyl (C=O) groups is 1. The first-order chi connectivity index (χ1) is 6.45. The predicted octanol–water partition coefficient (Wildman–Crippen LogP) is 0.843. The van der Waals surface area contributed by atoms with Crippen LogP contribution in [-0.2, 0) is 4.79 Å². The van der Waals surface area contributed by atoms with Gasteiger partial charge in [0.1, 0.15) is 0 Å². The van der Waals surface area contributed by atoms with Crippen molar-refractivity contribution in [1.29, 1.82) is 0 Å². The fourth-order valence-electron chi connectivity index (χ4n) is 0.719. The van der Waals surface area contributed by atoms with E-state index in [9.17, 15) is 9.90 Å². The van der Waals surface area contributed by atoms with Gasteiger partial charge in [0.05, 0.1) is 5.60 Å². The van der Waals surface area contributed by atoms with Crippen LogP contribution in [0.2, 0.25) is 0 Å². The van der Waals surface area contributed by atoms with E-state index in [0.29, 0.717) is 12.8 Å². The van der Waals surface area contributed by atoms with E-state index in [1.807, 2.05) is 0 Å². The van der Waals surface area contributed by atoms with Gasteiger partial charge in [-0.2, -0.15) is 0 Å². The third-order valence-corrected chi connectivity index (χ3v) is 1.42. The fraction of sp³-hybridized carbons (Fsp3) is 0.545. The highest BCUT2D eigenvalue weighted by Crippen LogP contribution is 1.97. The Morgan fingerprint density at radius 3 is 2.79 bits per heavy atom. The molecule has 0 aliphatic heterocycles. The Balaban J connectivity index is 3.67. The Morgan fingerprint density at radius 2 is 2.29 bits per heavy atom. The van der Waals surface area contributed by atoms with Crippen LogP contribution in [-0.4, -0.2) is 23.2 Å². The van der Waals surface area contributed by atoms with Gasteiger partial charge < -0.3 is 10.4 Å². The van der Waals surface area contributed by atoms with Crippen molar-refractivity contribution in [2.75, 3.05) is 6.54 Å². The van der Waals surface area contributed by atoms with Gasteiger partial charge in [-0.15, -0.1) is 12.3 Å². The van der Waals surface area contributed by atoms with Crippen LogP contribution < -0.4 is 5.32 Å². The summed E-state index contributed by atoms with van der Waals surface area (Å²) in [5.74, 6) is 2.27. The lowest BCUT2D eigenvalue weighted by molar-refractivity contribution is -0.117. The summed E-state index contributed by atoms with van der Waals surface area (Å²) in [6.07, 6.45) is 9.53. The number of rotatable bonds is 5. The van der Waals surface area contributed by atoms with E-state index in [1.54, 1.807) is 19.9 Å². The average molecular weight is 195 g/mol. The average Bonchev–Trinajstić information content (AvgIpc) is 2.08. The molecule has 0 radical (unpaired) electrons. The second kappa shape index (κ2) is 6.22. The fourth-order valence-corrected chi connectivity index (χ4v) is 0.719. The minimum atomic E-state index is -0.873. The lowest BCUT2D eigenvalue weighted by Gasteiger charge is -2.16. The van der Waals surface area contributed by atoms with Crippen molar-refractivity contribution in [1.82, 2.24) is 5.32 Å². The second-order valence-electron chi connectivity index (χ2n) is 3.68. The molecule has 3 heteroatoms. The summed E-state index contributed by atoms with van der Waals surface area (Å²) in [6.45, 7) is 3.51. The summed E-state index contributed by atoms with van der Waals surface area (Å²) >= 11 is 0. The largest absolute Gasteiger partial charge is 0.389 e. The molecule has 0 rings (SSSR count). The second-order valence-corrected chi connectivity index (χ2v) is 3.68. The van der Waals surface area contributed by atoms with E-state index in [1.165, 1.54) is 6.08 Å². The molecule has 0 saturated heterocycles. The first kappa shape index (κ1) is 12.7. The molecule has 78 valence electrons. The molecule has 0 bridgehead atoms. The molecule has 2 N–H and O–H groups in total. The zero-order chi connectivity index (χ0) is 11.0. The molecule has 14 heavy (non-hydrogen) atoms. The third kappa shape index (κ3) is 8.82. The Labute approximate surface area is 85.2 Å². The van der Waals surface area contributed by atoms with Crippen LogP contribution in [0.4, 0.5) is 0 Å². The number of nitrogens with one attached hydrogen (secondary N) is 1. The number of allylic oxidation sites excluding steroid dienone is 1. The summed E-state index contributed by atoms with van der Waals surface area (Å²) in [5.41, 5.74) is -0.873. The molecule has 0 fully saturated rings. The maximum atomic E-state index is 11.1. The van der Waals surface area contributed by atoms with E-state index in [2.05, 4.69) is 11.2 Å². The van der Waals surface area contributed by atoms with E-state index < -0.39 is 5.60 Å². The van der Waals surface area contributed by atoms with Crippen LogP contribution in [0.5, 0.6) is 0 Å². The molecule has 0 aromatic heterocycles. The predicted molar refractivity (Wildman–Crippen MR) is 56.5 cm³/mol. The molecule has 0 unspecified atom stereocenters. The molecule has 0 aromatic rings. The van der Waals surface area contributed by atoms with Gasteiger partial charge in [-0.1, -0.05) is 6.08 Å². The highest BCUT2D eigenvalue weighted by atomic mass is 16.3. The van der Waals surface area contributed by atoms with Crippen molar-refractivity contribution in [3.8, 4) is 12.3 Å². The maximum absolute atomic E-state index is 11.1. The van der Waals surface area contributed by atoms with Crippen molar-refractivity contribution in [3.63, 3.8) is 0 Å². The first-order valence-corrected chi connectivity index (χ1v) is 4.56. The molecule has 0 aromatic carbocycles.